The molecule has 5 heterocycles. The van der Waals surface area contributed by atoms with E-state index in [-0.39, 0.29) is 22.8 Å². The molecule has 0 aliphatic rings. The number of carbonyl (C=O) groups excluding carboxylic acids is 1. The number of thiophene rings is 1. The molecular weight excluding hydrogens is 533 g/mol. The molecule has 0 fully saturated rings. The van der Waals surface area contributed by atoms with Crippen molar-refractivity contribution in [3.63, 3.8) is 0 Å². The van der Waals surface area contributed by atoms with E-state index in [2.05, 4.69) is 32.0 Å². The Balaban J connectivity index is 0.000000207. The van der Waals surface area contributed by atoms with Gasteiger partial charge in [0.25, 0.3) is 11.5 Å². The number of rotatable bonds is 3. The predicted molar refractivity (Wildman–Crippen MR) is 150 cm³/mol. The largest absolute Gasteiger partial charge is 0.381 e. The minimum Gasteiger partial charge on any atom is -0.381 e. The number of nitrogens with two attached hydrogens (primary N) is 2. The van der Waals surface area contributed by atoms with E-state index in [1.54, 1.807) is 41.5 Å². The van der Waals surface area contributed by atoms with Crippen LogP contribution in [0.4, 0.5) is 10.2 Å². The van der Waals surface area contributed by atoms with E-state index < -0.39 is 5.91 Å². The molecule has 0 unspecified atom stereocenters. The van der Waals surface area contributed by atoms with Crippen molar-refractivity contribution in [1.82, 2.24) is 33.9 Å². The molecular formula is C27H22FN9O2S. The summed E-state index contributed by atoms with van der Waals surface area (Å²) in [6.45, 7) is 1.93. The van der Waals surface area contributed by atoms with Gasteiger partial charge in [-0.05, 0) is 30.3 Å². The van der Waals surface area contributed by atoms with Crippen molar-refractivity contribution < 1.29 is 9.18 Å². The number of primary amides is 1. The van der Waals surface area contributed by atoms with Crippen LogP contribution in [0.1, 0.15) is 34.2 Å². The minimum absolute atomic E-state index is 0.103. The van der Waals surface area contributed by atoms with Crippen molar-refractivity contribution in [3.8, 4) is 17.5 Å². The molecule has 4 N–H and O–H groups in total. The van der Waals surface area contributed by atoms with E-state index in [0.717, 1.165) is 5.56 Å². The molecule has 0 aliphatic heterocycles. The number of nitrogens with zero attached hydrogens (tertiary/aromatic N) is 7. The van der Waals surface area contributed by atoms with E-state index in [1.165, 1.54) is 32.6 Å². The number of halogens is 1. The zero-order valence-electron chi connectivity index (χ0n) is 21.4. The highest BCUT2D eigenvalue weighted by Gasteiger charge is 2.16. The summed E-state index contributed by atoms with van der Waals surface area (Å²) in [7, 11) is 1.82. The van der Waals surface area contributed by atoms with Crippen LogP contribution in [-0.4, -0.2) is 39.8 Å². The van der Waals surface area contributed by atoms with Gasteiger partial charge in [0.05, 0.1) is 28.4 Å². The SMILES string of the molecule is CCc1nc2scc(C#Cc3cnn(C)c3)c2c(=O)n1-c1ccc(F)cc1.NC(=O)c1c(N)nn2cccnc12. The monoisotopic (exact) mass is 555 g/mol. The number of hydrogen-bond donors (Lipinski definition) is 2. The van der Waals surface area contributed by atoms with Gasteiger partial charge in [0, 0.05) is 37.4 Å². The van der Waals surface area contributed by atoms with Crippen LogP contribution in [0.25, 0.3) is 21.6 Å². The first-order valence-electron chi connectivity index (χ1n) is 11.9. The van der Waals surface area contributed by atoms with Gasteiger partial charge in [-0.1, -0.05) is 18.8 Å². The Bertz CT molecular complexity index is 1990. The first-order valence-corrected chi connectivity index (χ1v) is 12.8. The lowest BCUT2D eigenvalue weighted by molar-refractivity contribution is 0.100. The third-order valence-corrected chi connectivity index (χ3v) is 6.67. The first-order chi connectivity index (χ1) is 19.3. The van der Waals surface area contributed by atoms with Crippen molar-refractivity contribution in [1.29, 1.82) is 0 Å². The van der Waals surface area contributed by atoms with Gasteiger partial charge < -0.3 is 11.5 Å². The maximum atomic E-state index is 13.3. The van der Waals surface area contributed by atoms with Gasteiger partial charge >= 0.3 is 0 Å². The topological polar surface area (TPSA) is 152 Å². The van der Waals surface area contributed by atoms with Crippen LogP contribution in [0.2, 0.25) is 0 Å². The molecule has 1 aromatic carbocycles. The Hall–Kier alpha value is -5.35. The highest BCUT2D eigenvalue weighted by Crippen LogP contribution is 2.23. The second kappa shape index (κ2) is 10.8. The Morgan fingerprint density at radius 3 is 2.65 bits per heavy atom. The van der Waals surface area contributed by atoms with Crippen molar-refractivity contribution in [2.24, 2.45) is 12.8 Å². The molecule has 13 heteroatoms. The van der Waals surface area contributed by atoms with Crippen LogP contribution in [-0.2, 0) is 13.5 Å². The molecule has 6 aromatic rings. The maximum Gasteiger partial charge on any atom is 0.268 e. The second-order valence-electron chi connectivity index (χ2n) is 8.49. The van der Waals surface area contributed by atoms with Crippen LogP contribution >= 0.6 is 11.3 Å². The molecule has 200 valence electrons. The van der Waals surface area contributed by atoms with Crippen molar-refractivity contribution in [2.75, 3.05) is 5.73 Å². The molecule has 11 nitrogen and oxygen atoms in total. The molecule has 6 rings (SSSR count). The molecule has 0 aliphatic carbocycles. The zero-order chi connectivity index (χ0) is 28.4. The van der Waals surface area contributed by atoms with Gasteiger partial charge in [-0.15, -0.1) is 16.4 Å². The third-order valence-electron chi connectivity index (χ3n) is 5.79. The summed E-state index contributed by atoms with van der Waals surface area (Å²) in [5.41, 5.74) is 12.9. The van der Waals surface area contributed by atoms with Crippen molar-refractivity contribution >= 4 is 38.9 Å². The molecule has 5 aromatic heterocycles. The number of hydrogen-bond acceptors (Lipinski definition) is 8. The van der Waals surface area contributed by atoms with Gasteiger partial charge in [0.15, 0.2) is 11.5 Å². The Kier molecular flexibility index (Phi) is 7.09. The summed E-state index contributed by atoms with van der Waals surface area (Å²) in [6, 6.07) is 7.52. The average molecular weight is 556 g/mol. The number of carbonyl (C=O) groups is 1. The van der Waals surface area contributed by atoms with Gasteiger partial charge in [-0.3, -0.25) is 18.8 Å². The average Bonchev–Trinajstić information content (AvgIpc) is 3.64. The van der Waals surface area contributed by atoms with Crippen LogP contribution in [0.3, 0.4) is 0 Å². The standard InChI is InChI=1S/C20H15FN4OS.C7H7N5O/c1-3-17-23-19-18(20(26)25(17)16-8-6-15(21)7-9-16)14(12-27-19)5-4-13-10-22-24(2)11-13;8-5-4(6(9)13)7-10-2-1-3-12(7)11-5/h6-12H,3H2,1-2H3;1-3H,(H2,8,11)(H2,9,13). The maximum absolute atomic E-state index is 13.3. The van der Waals surface area contributed by atoms with Crippen LogP contribution in [0.15, 0.2) is 65.3 Å². The summed E-state index contributed by atoms with van der Waals surface area (Å²) in [6.07, 6.45) is 7.25. The van der Waals surface area contributed by atoms with Gasteiger partial charge in [0.2, 0.25) is 0 Å². The lowest BCUT2D eigenvalue weighted by atomic mass is 10.2. The Labute approximate surface area is 230 Å². The number of amides is 1. The number of anilines is 1. The smallest absolute Gasteiger partial charge is 0.268 e. The Morgan fingerprint density at radius 2 is 1.98 bits per heavy atom. The van der Waals surface area contributed by atoms with Gasteiger partial charge in [0.1, 0.15) is 22.0 Å². The van der Waals surface area contributed by atoms with E-state index >= 15 is 0 Å². The quantitative estimate of drug-likeness (QED) is 0.319. The number of benzene rings is 1. The van der Waals surface area contributed by atoms with Crippen LogP contribution in [0, 0.1) is 17.7 Å². The van der Waals surface area contributed by atoms with Crippen molar-refractivity contribution in [3.05, 3.63) is 99.2 Å². The fourth-order valence-electron chi connectivity index (χ4n) is 3.98. The molecule has 0 bridgehead atoms. The van der Waals surface area contributed by atoms with E-state index in [1.807, 2.05) is 25.5 Å². The minimum atomic E-state index is -0.619. The highest BCUT2D eigenvalue weighted by atomic mass is 32.1. The number of aromatic nitrogens is 7. The van der Waals surface area contributed by atoms with E-state index in [9.17, 15) is 14.0 Å². The van der Waals surface area contributed by atoms with E-state index in [0.29, 0.717) is 39.4 Å². The fourth-order valence-corrected chi connectivity index (χ4v) is 4.86. The lowest BCUT2D eigenvalue weighted by Crippen LogP contribution is -2.23. The zero-order valence-corrected chi connectivity index (χ0v) is 22.2. The van der Waals surface area contributed by atoms with Crippen LogP contribution < -0.4 is 17.0 Å². The van der Waals surface area contributed by atoms with Gasteiger partial charge in [-0.2, -0.15) is 5.10 Å². The second-order valence-corrected chi connectivity index (χ2v) is 9.35. The molecule has 0 spiro atoms. The number of nitrogen functional groups attached to an aromatic ring is 1. The first kappa shape index (κ1) is 26.3. The van der Waals surface area contributed by atoms with Crippen LogP contribution in [0.5, 0.6) is 0 Å². The summed E-state index contributed by atoms with van der Waals surface area (Å²) < 4.78 is 17.9. The Morgan fingerprint density at radius 1 is 1.20 bits per heavy atom. The molecule has 0 atom stereocenters. The fraction of sp³-hybridized carbons (Fsp3) is 0.111. The van der Waals surface area contributed by atoms with Gasteiger partial charge in [-0.25, -0.2) is 18.9 Å². The van der Waals surface area contributed by atoms with Crippen molar-refractivity contribution in [2.45, 2.75) is 13.3 Å². The van der Waals surface area contributed by atoms with E-state index in [4.69, 9.17) is 11.5 Å². The molecule has 0 saturated carbocycles. The summed E-state index contributed by atoms with van der Waals surface area (Å²) in [4.78, 5) is 33.4. The highest BCUT2D eigenvalue weighted by molar-refractivity contribution is 7.17. The summed E-state index contributed by atoms with van der Waals surface area (Å²) in [5, 5.41) is 10.3. The number of aryl methyl sites for hydroxylation is 2. The number of fused-ring (bicyclic) bond motifs is 2. The summed E-state index contributed by atoms with van der Waals surface area (Å²) in [5.74, 6) is 5.85. The molecule has 40 heavy (non-hydrogen) atoms. The molecule has 0 radical (unpaired) electrons. The predicted octanol–water partition coefficient (Wildman–Crippen LogP) is 2.69. The third kappa shape index (κ3) is 5.03. The lowest BCUT2D eigenvalue weighted by Gasteiger charge is -2.11. The molecule has 0 saturated heterocycles. The summed E-state index contributed by atoms with van der Waals surface area (Å²) >= 11 is 1.40. The molecule has 1 amide bonds. The normalized spacial score (nSPS) is 10.7.